The van der Waals surface area contributed by atoms with Crippen LogP contribution in [-0.4, -0.2) is 57.5 Å². The molecule has 1 fully saturated rings. The molecule has 7 nitrogen and oxygen atoms in total. The Morgan fingerprint density at radius 2 is 1.91 bits per heavy atom. The fraction of sp³-hybridized carbons (Fsp3) is 0.269. The van der Waals surface area contributed by atoms with E-state index >= 15 is 0 Å². The van der Waals surface area contributed by atoms with Gasteiger partial charge in [0.15, 0.2) is 5.82 Å². The van der Waals surface area contributed by atoms with E-state index in [1.807, 2.05) is 28.9 Å². The van der Waals surface area contributed by atoms with Gasteiger partial charge < -0.3 is 14.4 Å². The van der Waals surface area contributed by atoms with Gasteiger partial charge in [-0.2, -0.15) is 10.4 Å². The number of aromatic nitrogens is 4. The molecule has 2 aliphatic rings. The van der Waals surface area contributed by atoms with Gasteiger partial charge in [0, 0.05) is 43.1 Å². The van der Waals surface area contributed by atoms with Crippen LogP contribution >= 0.6 is 0 Å². The number of rotatable bonds is 3. The molecule has 0 aliphatic carbocycles. The standard InChI is InChI=1S/C26H25N7/c1-30(2)23-9-10-31(16-23)22-7-8-24-21(11-22)15-32-14-20(19-5-3-18(13-27)4-6-19)12-25(32)26-28-17-29-33(24)26/h3-8,11-12,14,17,23H,9-10,15-16H2,1-2H3/t23-/m0/s1. The molecule has 0 radical (unpaired) electrons. The Kier molecular flexibility index (Phi) is 4.56. The number of hydrogen-bond acceptors (Lipinski definition) is 5. The number of hydrogen-bond donors (Lipinski definition) is 0. The normalized spacial score (nSPS) is 16.8. The van der Waals surface area contributed by atoms with E-state index in [0.717, 1.165) is 48.0 Å². The molecule has 4 heterocycles. The Morgan fingerprint density at radius 3 is 2.67 bits per heavy atom. The second-order valence-corrected chi connectivity index (χ2v) is 9.09. The zero-order valence-corrected chi connectivity index (χ0v) is 18.8. The summed E-state index contributed by atoms with van der Waals surface area (Å²) in [5.41, 5.74) is 7.48. The summed E-state index contributed by atoms with van der Waals surface area (Å²) in [6.45, 7) is 2.89. The van der Waals surface area contributed by atoms with Crippen LogP contribution in [0, 0.1) is 11.3 Å². The van der Waals surface area contributed by atoms with Gasteiger partial charge in [-0.05, 0) is 68.0 Å². The van der Waals surface area contributed by atoms with E-state index in [0.29, 0.717) is 11.6 Å². The van der Waals surface area contributed by atoms with Crippen molar-refractivity contribution in [1.29, 1.82) is 5.26 Å². The number of anilines is 1. The molecule has 6 rings (SSSR count). The van der Waals surface area contributed by atoms with Crippen molar-refractivity contribution in [1.82, 2.24) is 24.2 Å². The van der Waals surface area contributed by atoms with E-state index in [1.54, 1.807) is 6.33 Å². The van der Waals surface area contributed by atoms with E-state index < -0.39 is 0 Å². The van der Waals surface area contributed by atoms with E-state index in [-0.39, 0.29) is 0 Å². The molecule has 2 aromatic heterocycles. The van der Waals surface area contributed by atoms with Crippen molar-refractivity contribution >= 4 is 5.69 Å². The van der Waals surface area contributed by atoms with Gasteiger partial charge in [0.2, 0.25) is 0 Å². The molecule has 2 aliphatic heterocycles. The Labute approximate surface area is 193 Å². The first kappa shape index (κ1) is 19.8. The SMILES string of the molecule is CN(C)[C@H]1CCN(c2ccc3c(c2)Cn2cc(-c4ccc(C#N)cc4)cc2-c2ncnn2-3)C1. The van der Waals surface area contributed by atoms with Crippen LogP contribution in [0.4, 0.5) is 5.69 Å². The maximum Gasteiger partial charge on any atom is 0.179 e. The Hall–Kier alpha value is -3.89. The van der Waals surface area contributed by atoms with Crippen LogP contribution in [-0.2, 0) is 6.54 Å². The lowest BCUT2D eigenvalue weighted by atomic mass is 10.1. The minimum absolute atomic E-state index is 0.594. The molecule has 4 aromatic rings. The Morgan fingerprint density at radius 1 is 1.06 bits per heavy atom. The number of nitrogens with zero attached hydrogens (tertiary/aromatic N) is 7. The van der Waals surface area contributed by atoms with Crippen molar-refractivity contribution in [3.05, 3.63) is 72.2 Å². The zero-order valence-electron chi connectivity index (χ0n) is 18.8. The van der Waals surface area contributed by atoms with Gasteiger partial charge in [-0.1, -0.05) is 12.1 Å². The minimum Gasteiger partial charge on any atom is -0.370 e. The minimum atomic E-state index is 0.594. The lowest BCUT2D eigenvalue weighted by molar-refractivity contribution is 0.315. The molecule has 0 N–H and O–H groups in total. The van der Waals surface area contributed by atoms with Crippen molar-refractivity contribution in [2.75, 3.05) is 32.1 Å². The molecule has 0 spiro atoms. The van der Waals surface area contributed by atoms with Crippen molar-refractivity contribution in [3.63, 3.8) is 0 Å². The fourth-order valence-electron chi connectivity index (χ4n) is 5.00. The molecular formula is C26H25N7. The highest BCUT2D eigenvalue weighted by molar-refractivity contribution is 5.72. The summed E-state index contributed by atoms with van der Waals surface area (Å²) in [7, 11) is 4.33. The quantitative estimate of drug-likeness (QED) is 0.432. The molecule has 0 saturated carbocycles. The third-order valence-electron chi connectivity index (χ3n) is 6.91. The molecule has 1 saturated heterocycles. The molecular weight excluding hydrogens is 410 g/mol. The summed E-state index contributed by atoms with van der Waals surface area (Å²) in [5.74, 6) is 0.843. The van der Waals surface area contributed by atoms with Crippen LogP contribution in [0.25, 0.3) is 28.3 Å². The van der Waals surface area contributed by atoms with Crippen molar-refractivity contribution in [2.45, 2.75) is 19.0 Å². The molecule has 33 heavy (non-hydrogen) atoms. The van der Waals surface area contributed by atoms with Crippen LogP contribution in [0.1, 0.15) is 17.5 Å². The first-order valence-corrected chi connectivity index (χ1v) is 11.3. The third kappa shape index (κ3) is 3.31. The molecule has 2 aromatic carbocycles. The summed E-state index contributed by atoms with van der Waals surface area (Å²) in [6, 6.07) is 19.4. The first-order valence-electron chi connectivity index (χ1n) is 11.3. The maximum absolute atomic E-state index is 9.11. The van der Waals surface area contributed by atoms with E-state index in [1.165, 1.54) is 17.7 Å². The summed E-state index contributed by atoms with van der Waals surface area (Å²) < 4.78 is 4.21. The van der Waals surface area contributed by atoms with Crippen LogP contribution < -0.4 is 4.90 Å². The predicted molar refractivity (Wildman–Crippen MR) is 128 cm³/mol. The second-order valence-electron chi connectivity index (χ2n) is 9.09. The van der Waals surface area contributed by atoms with Gasteiger partial charge in [-0.15, -0.1) is 0 Å². The average molecular weight is 436 g/mol. The first-order chi connectivity index (χ1) is 16.1. The molecule has 0 unspecified atom stereocenters. The fourth-order valence-corrected chi connectivity index (χ4v) is 5.00. The molecule has 164 valence electrons. The Balaban J connectivity index is 1.40. The van der Waals surface area contributed by atoms with Crippen molar-refractivity contribution in [3.8, 4) is 34.4 Å². The molecule has 7 heteroatoms. The zero-order chi connectivity index (χ0) is 22.5. The van der Waals surface area contributed by atoms with Crippen molar-refractivity contribution in [2.24, 2.45) is 0 Å². The van der Waals surface area contributed by atoms with Gasteiger partial charge >= 0.3 is 0 Å². The lowest BCUT2D eigenvalue weighted by Gasteiger charge is -2.23. The van der Waals surface area contributed by atoms with Crippen LogP contribution in [0.15, 0.2) is 61.1 Å². The third-order valence-corrected chi connectivity index (χ3v) is 6.91. The molecule has 0 amide bonds. The van der Waals surface area contributed by atoms with Gasteiger partial charge in [-0.25, -0.2) is 9.67 Å². The average Bonchev–Trinajstić information content (AvgIpc) is 3.58. The smallest absolute Gasteiger partial charge is 0.179 e. The van der Waals surface area contributed by atoms with Gasteiger partial charge in [0.05, 0.1) is 23.0 Å². The second kappa shape index (κ2) is 7.61. The largest absolute Gasteiger partial charge is 0.370 e. The summed E-state index contributed by atoms with van der Waals surface area (Å²) in [4.78, 5) is 9.40. The number of nitriles is 1. The number of fused-ring (bicyclic) bond motifs is 5. The van der Waals surface area contributed by atoms with E-state index in [9.17, 15) is 0 Å². The van der Waals surface area contributed by atoms with Crippen LogP contribution in [0.3, 0.4) is 0 Å². The van der Waals surface area contributed by atoms with Gasteiger partial charge in [-0.3, -0.25) is 0 Å². The van der Waals surface area contributed by atoms with Crippen LogP contribution in [0.5, 0.6) is 0 Å². The van der Waals surface area contributed by atoms with Gasteiger partial charge in [0.1, 0.15) is 6.33 Å². The topological polar surface area (TPSA) is 65.9 Å². The summed E-state index contributed by atoms with van der Waals surface area (Å²) in [6.07, 6.45) is 4.99. The summed E-state index contributed by atoms with van der Waals surface area (Å²) >= 11 is 0. The summed E-state index contributed by atoms with van der Waals surface area (Å²) in [5, 5.41) is 13.7. The highest BCUT2D eigenvalue weighted by Crippen LogP contribution is 2.35. The van der Waals surface area contributed by atoms with Crippen LogP contribution in [0.2, 0.25) is 0 Å². The maximum atomic E-state index is 9.11. The van der Waals surface area contributed by atoms with E-state index in [4.69, 9.17) is 5.26 Å². The predicted octanol–water partition coefficient (Wildman–Crippen LogP) is 3.78. The highest BCUT2D eigenvalue weighted by atomic mass is 15.4. The van der Waals surface area contributed by atoms with Crippen molar-refractivity contribution < 1.29 is 0 Å². The highest BCUT2D eigenvalue weighted by Gasteiger charge is 2.26. The monoisotopic (exact) mass is 435 g/mol. The van der Waals surface area contributed by atoms with Gasteiger partial charge in [0.25, 0.3) is 0 Å². The number of benzene rings is 2. The molecule has 0 bridgehead atoms. The number of likely N-dealkylation sites (N-methyl/N-ethyl adjacent to an activating group) is 1. The Bertz CT molecular complexity index is 1370. The molecule has 1 atom stereocenters. The van der Waals surface area contributed by atoms with E-state index in [2.05, 4.69) is 75.1 Å². The lowest BCUT2D eigenvalue weighted by Crippen LogP contribution is -2.31.